The van der Waals surface area contributed by atoms with Crippen molar-refractivity contribution >= 4 is 29.0 Å². The van der Waals surface area contributed by atoms with E-state index in [0.717, 1.165) is 0 Å². The fourth-order valence-electron chi connectivity index (χ4n) is 2.44. The highest BCUT2D eigenvalue weighted by Gasteiger charge is 2.29. The molecule has 114 valence electrons. The molecule has 2 amide bonds. The third-order valence-corrected chi connectivity index (χ3v) is 3.49. The summed E-state index contributed by atoms with van der Waals surface area (Å²) in [6.07, 6.45) is 1.79. The van der Waals surface area contributed by atoms with Gasteiger partial charge in [-0.2, -0.15) is 5.10 Å². The van der Waals surface area contributed by atoms with Gasteiger partial charge in [-0.1, -0.05) is 12.1 Å². The zero-order chi connectivity index (χ0) is 15.7. The van der Waals surface area contributed by atoms with Crippen LogP contribution in [0.15, 0.2) is 36.5 Å². The van der Waals surface area contributed by atoms with Crippen molar-refractivity contribution in [2.45, 2.75) is 13.0 Å². The number of aromatic nitrogens is 2. The first-order valence-electron chi connectivity index (χ1n) is 7.01. The Hall–Kier alpha value is -2.83. The van der Waals surface area contributed by atoms with Crippen molar-refractivity contribution < 1.29 is 9.59 Å². The lowest BCUT2D eigenvalue weighted by Gasteiger charge is -2.31. The highest BCUT2D eigenvalue weighted by atomic mass is 16.2. The summed E-state index contributed by atoms with van der Waals surface area (Å²) in [6, 6.07) is 8.56. The van der Waals surface area contributed by atoms with Crippen LogP contribution in [0.25, 0.3) is 0 Å². The number of amides is 2. The fourth-order valence-corrected chi connectivity index (χ4v) is 2.44. The third-order valence-electron chi connectivity index (χ3n) is 3.49. The van der Waals surface area contributed by atoms with Gasteiger partial charge in [-0.15, -0.1) is 0 Å². The van der Waals surface area contributed by atoms with Crippen LogP contribution < -0.4 is 15.5 Å². The fraction of sp³-hybridized carbons (Fsp3) is 0.267. The molecule has 0 bridgehead atoms. The number of anilines is 3. The van der Waals surface area contributed by atoms with Crippen LogP contribution in [0.2, 0.25) is 0 Å². The topological polar surface area (TPSA) is 79.3 Å². The standard InChI is InChI=1S/C15H17N5O2/c1-10(16-13-7-8-19(2)18-13)15(22)20-9-14(21)17-11-5-3-4-6-12(11)20/h3-8,10H,9H2,1-2H3,(H,16,18)(H,17,21). The van der Waals surface area contributed by atoms with Gasteiger partial charge < -0.3 is 10.6 Å². The Morgan fingerprint density at radius 2 is 2.14 bits per heavy atom. The Kier molecular flexibility index (Phi) is 3.54. The lowest BCUT2D eigenvalue weighted by molar-refractivity contribution is -0.122. The molecule has 1 aliphatic heterocycles. The highest BCUT2D eigenvalue weighted by Crippen LogP contribution is 2.29. The Bertz CT molecular complexity index is 724. The molecular formula is C15H17N5O2. The molecule has 1 aromatic heterocycles. The van der Waals surface area contributed by atoms with Gasteiger partial charge in [0.25, 0.3) is 0 Å². The number of fused-ring (bicyclic) bond motifs is 1. The van der Waals surface area contributed by atoms with E-state index in [2.05, 4.69) is 15.7 Å². The molecule has 7 heteroatoms. The minimum atomic E-state index is -0.492. The van der Waals surface area contributed by atoms with E-state index in [1.807, 2.05) is 25.2 Å². The van der Waals surface area contributed by atoms with Crippen LogP contribution in [-0.2, 0) is 16.6 Å². The first-order valence-corrected chi connectivity index (χ1v) is 7.01. The average Bonchev–Trinajstić information content (AvgIpc) is 2.90. The van der Waals surface area contributed by atoms with Gasteiger partial charge >= 0.3 is 0 Å². The van der Waals surface area contributed by atoms with E-state index in [1.54, 1.807) is 29.9 Å². The van der Waals surface area contributed by atoms with Gasteiger partial charge in [0.05, 0.1) is 11.4 Å². The van der Waals surface area contributed by atoms with Gasteiger partial charge in [-0.3, -0.25) is 19.2 Å². The van der Waals surface area contributed by atoms with E-state index in [0.29, 0.717) is 17.2 Å². The van der Waals surface area contributed by atoms with Gasteiger partial charge in [-0.05, 0) is 19.1 Å². The normalized spacial score (nSPS) is 15.0. The SMILES string of the molecule is CC(Nc1ccn(C)n1)C(=O)N1CC(=O)Nc2ccccc21. The van der Waals surface area contributed by atoms with Crippen LogP contribution in [0.4, 0.5) is 17.2 Å². The molecule has 2 aromatic rings. The van der Waals surface area contributed by atoms with Crippen molar-refractivity contribution in [1.82, 2.24) is 9.78 Å². The second-order valence-electron chi connectivity index (χ2n) is 5.23. The van der Waals surface area contributed by atoms with Crippen LogP contribution in [-0.4, -0.2) is 34.2 Å². The van der Waals surface area contributed by atoms with Gasteiger partial charge in [0, 0.05) is 19.3 Å². The number of hydrogen-bond donors (Lipinski definition) is 2. The Balaban J connectivity index is 1.81. The zero-order valence-corrected chi connectivity index (χ0v) is 12.4. The van der Waals surface area contributed by atoms with Crippen molar-refractivity contribution in [3.63, 3.8) is 0 Å². The number of benzene rings is 1. The molecule has 0 aliphatic carbocycles. The molecule has 0 spiro atoms. The highest BCUT2D eigenvalue weighted by molar-refractivity contribution is 6.11. The first-order chi connectivity index (χ1) is 10.5. The molecular weight excluding hydrogens is 282 g/mol. The number of hydrogen-bond acceptors (Lipinski definition) is 4. The maximum Gasteiger partial charge on any atom is 0.249 e. The third kappa shape index (κ3) is 2.65. The number of carbonyl (C=O) groups is 2. The zero-order valence-electron chi connectivity index (χ0n) is 12.4. The molecule has 2 N–H and O–H groups in total. The number of aryl methyl sites for hydroxylation is 1. The number of nitrogens with zero attached hydrogens (tertiary/aromatic N) is 3. The van der Waals surface area contributed by atoms with E-state index in [1.165, 1.54) is 4.90 Å². The summed E-state index contributed by atoms with van der Waals surface area (Å²) in [5.74, 6) is 0.253. The van der Waals surface area contributed by atoms with Crippen LogP contribution in [0.1, 0.15) is 6.92 Å². The molecule has 0 saturated carbocycles. The molecule has 7 nitrogen and oxygen atoms in total. The lowest BCUT2D eigenvalue weighted by Crippen LogP contribution is -2.47. The summed E-state index contributed by atoms with van der Waals surface area (Å²) in [5, 5.41) is 10.0. The molecule has 22 heavy (non-hydrogen) atoms. The largest absolute Gasteiger partial charge is 0.357 e. The molecule has 0 fully saturated rings. The molecule has 1 unspecified atom stereocenters. The van der Waals surface area contributed by atoms with Crippen LogP contribution >= 0.6 is 0 Å². The molecule has 0 radical (unpaired) electrons. The molecule has 1 aliphatic rings. The molecule has 0 saturated heterocycles. The smallest absolute Gasteiger partial charge is 0.249 e. The van der Waals surface area contributed by atoms with Crippen molar-refractivity contribution in [3.8, 4) is 0 Å². The van der Waals surface area contributed by atoms with Crippen LogP contribution in [0, 0.1) is 0 Å². The summed E-state index contributed by atoms with van der Waals surface area (Å²) in [5.41, 5.74) is 1.36. The number of rotatable bonds is 3. The quantitative estimate of drug-likeness (QED) is 0.892. The van der Waals surface area contributed by atoms with Crippen molar-refractivity contribution in [2.75, 3.05) is 22.1 Å². The number of para-hydroxylation sites is 2. The monoisotopic (exact) mass is 299 g/mol. The minimum Gasteiger partial charge on any atom is -0.357 e. The van der Waals surface area contributed by atoms with Gasteiger partial charge in [-0.25, -0.2) is 0 Å². The molecule has 1 aromatic carbocycles. The summed E-state index contributed by atoms with van der Waals surface area (Å²) in [4.78, 5) is 25.9. The maximum absolute atomic E-state index is 12.7. The summed E-state index contributed by atoms with van der Waals surface area (Å²) in [7, 11) is 1.81. The van der Waals surface area contributed by atoms with E-state index < -0.39 is 6.04 Å². The number of carbonyl (C=O) groups excluding carboxylic acids is 2. The number of nitrogens with one attached hydrogen (secondary N) is 2. The second-order valence-corrected chi connectivity index (χ2v) is 5.23. The van der Waals surface area contributed by atoms with E-state index in [-0.39, 0.29) is 18.4 Å². The maximum atomic E-state index is 12.7. The summed E-state index contributed by atoms with van der Waals surface area (Å²) in [6.45, 7) is 1.77. The van der Waals surface area contributed by atoms with Crippen LogP contribution in [0.3, 0.4) is 0 Å². The van der Waals surface area contributed by atoms with Gasteiger partial charge in [0.1, 0.15) is 18.4 Å². The van der Waals surface area contributed by atoms with Gasteiger partial charge in [0.15, 0.2) is 0 Å². The first kappa shape index (κ1) is 14.1. The predicted octanol–water partition coefficient (Wildman–Crippen LogP) is 1.21. The van der Waals surface area contributed by atoms with Crippen molar-refractivity contribution in [1.29, 1.82) is 0 Å². The van der Waals surface area contributed by atoms with E-state index in [4.69, 9.17) is 0 Å². The van der Waals surface area contributed by atoms with Crippen LogP contribution in [0.5, 0.6) is 0 Å². The average molecular weight is 299 g/mol. The Morgan fingerprint density at radius 1 is 1.36 bits per heavy atom. The lowest BCUT2D eigenvalue weighted by atomic mass is 10.1. The Labute approximate surface area is 127 Å². The summed E-state index contributed by atoms with van der Waals surface area (Å²) < 4.78 is 1.66. The summed E-state index contributed by atoms with van der Waals surface area (Å²) >= 11 is 0. The van der Waals surface area contributed by atoms with Crippen molar-refractivity contribution in [2.24, 2.45) is 7.05 Å². The molecule has 2 heterocycles. The van der Waals surface area contributed by atoms with E-state index >= 15 is 0 Å². The Morgan fingerprint density at radius 3 is 2.86 bits per heavy atom. The van der Waals surface area contributed by atoms with Crippen molar-refractivity contribution in [3.05, 3.63) is 36.5 Å². The molecule has 1 atom stereocenters. The second kappa shape index (κ2) is 5.51. The van der Waals surface area contributed by atoms with Gasteiger partial charge in [0.2, 0.25) is 11.8 Å². The molecule has 3 rings (SSSR count). The predicted molar refractivity (Wildman–Crippen MR) is 83.7 cm³/mol. The minimum absolute atomic E-state index is 0.0179. The van der Waals surface area contributed by atoms with E-state index in [9.17, 15) is 9.59 Å².